The Labute approximate surface area is 137 Å². The fourth-order valence-corrected chi connectivity index (χ4v) is 3.02. The minimum atomic E-state index is -3.92. The normalized spacial score (nSPS) is 11.3. The quantitative estimate of drug-likeness (QED) is 0.613. The van der Waals surface area contributed by atoms with E-state index >= 15 is 0 Å². The van der Waals surface area contributed by atoms with Gasteiger partial charge in [0.15, 0.2) is 5.82 Å². The lowest BCUT2D eigenvalue weighted by molar-refractivity contribution is 0.0691. The van der Waals surface area contributed by atoms with E-state index in [-0.39, 0.29) is 16.4 Å². The lowest BCUT2D eigenvalue weighted by Crippen LogP contribution is -2.13. The van der Waals surface area contributed by atoms with Gasteiger partial charge in [0.1, 0.15) is 10.6 Å². The number of hydrogen-bond donors (Lipinski definition) is 3. The van der Waals surface area contributed by atoms with E-state index in [1.807, 2.05) is 6.07 Å². The molecule has 0 bridgehead atoms. The summed E-state index contributed by atoms with van der Waals surface area (Å²) in [4.78, 5) is 17.0. The molecule has 0 aromatic carbocycles. The molecule has 0 radical (unpaired) electrons. The van der Waals surface area contributed by atoms with Gasteiger partial charge in [0.25, 0.3) is 10.0 Å². The van der Waals surface area contributed by atoms with E-state index < -0.39 is 16.0 Å². The third-order valence-corrected chi connectivity index (χ3v) is 4.48. The molecular formula is C14H13N5O4S. The molecule has 0 aliphatic carbocycles. The number of aromatic carboxylic acids is 1. The van der Waals surface area contributed by atoms with Gasteiger partial charge in [-0.15, -0.1) is 0 Å². The Morgan fingerprint density at radius 3 is 2.88 bits per heavy atom. The zero-order valence-corrected chi connectivity index (χ0v) is 13.1. The van der Waals surface area contributed by atoms with Crippen molar-refractivity contribution in [1.82, 2.24) is 19.7 Å². The lowest BCUT2D eigenvalue weighted by Gasteiger charge is -2.03. The van der Waals surface area contributed by atoms with Gasteiger partial charge < -0.3 is 10.1 Å². The number of anilines is 1. The largest absolute Gasteiger partial charge is 0.477 e. The number of H-pyrrole nitrogens is 1. The number of sulfonamides is 1. The molecule has 0 amide bonds. The monoisotopic (exact) mass is 347 g/mol. The maximum atomic E-state index is 12.2. The molecule has 0 atom stereocenters. The highest BCUT2D eigenvalue weighted by molar-refractivity contribution is 7.92. The summed E-state index contributed by atoms with van der Waals surface area (Å²) in [5.41, 5.74) is 0.712. The van der Waals surface area contributed by atoms with Crippen molar-refractivity contribution in [3.05, 3.63) is 60.3 Å². The van der Waals surface area contributed by atoms with E-state index in [1.54, 1.807) is 29.3 Å². The molecule has 0 fully saturated rings. The Balaban J connectivity index is 1.74. The van der Waals surface area contributed by atoms with Gasteiger partial charge in [-0.1, -0.05) is 6.07 Å². The second kappa shape index (κ2) is 6.16. The van der Waals surface area contributed by atoms with Crippen LogP contribution in [0.3, 0.4) is 0 Å². The van der Waals surface area contributed by atoms with Crippen LogP contribution in [0.15, 0.2) is 53.9 Å². The van der Waals surface area contributed by atoms with Crippen molar-refractivity contribution in [3.63, 3.8) is 0 Å². The van der Waals surface area contributed by atoms with Gasteiger partial charge in [0, 0.05) is 30.9 Å². The van der Waals surface area contributed by atoms with Crippen molar-refractivity contribution in [1.29, 1.82) is 0 Å². The molecule has 0 saturated carbocycles. The Kier molecular flexibility index (Phi) is 4.04. The van der Waals surface area contributed by atoms with Gasteiger partial charge in [0.2, 0.25) is 0 Å². The van der Waals surface area contributed by atoms with E-state index in [2.05, 4.69) is 19.8 Å². The van der Waals surface area contributed by atoms with E-state index in [9.17, 15) is 13.2 Å². The molecule has 0 unspecified atom stereocenters. The van der Waals surface area contributed by atoms with Crippen LogP contribution in [0.1, 0.15) is 16.1 Å². The average Bonchev–Trinajstić information content (AvgIpc) is 3.18. The van der Waals surface area contributed by atoms with E-state index in [4.69, 9.17) is 5.11 Å². The van der Waals surface area contributed by atoms with Crippen LogP contribution in [0.5, 0.6) is 0 Å². The number of carboxylic acid groups (broad SMARTS) is 1. The predicted octanol–water partition coefficient (Wildman–Crippen LogP) is 1.15. The Hall–Kier alpha value is -3.14. The summed E-state index contributed by atoms with van der Waals surface area (Å²) >= 11 is 0. The van der Waals surface area contributed by atoms with E-state index in [0.29, 0.717) is 6.54 Å². The van der Waals surface area contributed by atoms with Gasteiger partial charge in [0.05, 0.1) is 6.54 Å². The van der Waals surface area contributed by atoms with Crippen LogP contribution in [0.25, 0.3) is 0 Å². The fourth-order valence-electron chi connectivity index (χ4n) is 2.03. The SMILES string of the molecule is O=C(O)c1cc(S(=O)(=O)Nc2ccn(Cc3cccnc3)n2)c[nH]1. The summed E-state index contributed by atoms with van der Waals surface area (Å²) in [6.07, 6.45) is 6.09. The first-order valence-corrected chi connectivity index (χ1v) is 8.29. The summed E-state index contributed by atoms with van der Waals surface area (Å²) in [7, 11) is -3.92. The zero-order chi connectivity index (χ0) is 17.2. The van der Waals surface area contributed by atoms with Crippen LogP contribution >= 0.6 is 0 Å². The summed E-state index contributed by atoms with van der Waals surface area (Å²) in [6.45, 7) is 0.447. The van der Waals surface area contributed by atoms with Crippen molar-refractivity contribution in [3.8, 4) is 0 Å². The summed E-state index contributed by atoms with van der Waals surface area (Å²) < 4.78 is 28.3. The van der Waals surface area contributed by atoms with Gasteiger partial charge in [-0.2, -0.15) is 5.10 Å². The van der Waals surface area contributed by atoms with Gasteiger partial charge in [-0.25, -0.2) is 13.2 Å². The minimum absolute atomic E-state index is 0.136. The maximum absolute atomic E-state index is 12.2. The molecule has 9 nitrogen and oxygen atoms in total. The Bertz CT molecular complexity index is 962. The molecule has 3 heterocycles. The van der Waals surface area contributed by atoms with Crippen LogP contribution in [-0.2, 0) is 16.6 Å². The first kappa shape index (κ1) is 15.7. The minimum Gasteiger partial charge on any atom is -0.477 e. The van der Waals surface area contributed by atoms with E-state index in [1.165, 1.54) is 6.07 Å². The first-order chi connectivity index (χ1) is 11.4. The molecule has 0 saturated heterocycles. The Morgan fingerprint density at radius 2 is 2.21 bits per heavy atom. The molecule has 124 valence electrons. The van der Waals surface area contributed by atoms with Crippen LogP contribution in [0.2, 0.25) is 0 Å². The van der Waals surface area contributed by atoms with Gasteiger partial charge in [-0.05, 0) is 17.7 Å². The van der Waals surface area contributed by atoms with Crippen molar-refractivity contribution in [2.24, 2.45) is 0 Å². The third kappa shape index (κ3) is 3.43. The second-order valence-electron chi connectivity index (χ2n) is 4.92. The molecule has 10 heteroatoms. The average molecular weight is 347 g/mol. The topological polar surface area (TPSA) is 130 Å². The smallest absolute Gasteiger partial charge is 0.352 e. The molecule has 3 N–H and O–H groups in total. The summed E-state index contributed by atoms with van der Waals surface area (Å²) in [6, 6.07) is 6.23. The molecule has 0 aliphatic rings. The zero-order valence-electron chi connectivity index (χ0n) is 12.2. The van der Waals surface area contributed by atoms with Crippen LogP contribution in [0.4, 0.5) is 5.82 Å². The van der Waals surface area contributed by atoms with Crippen LogP contribution in [0, 0.1) is 0 Å². The number of pyridine rings is 1. The second-order valence-corrected chi connectivity index (χ2v) is 6.60. The first-order valence-electron chi connectivity index (χ1n) is 6.81. The van der Waals surface area contributed by atoms with Crippen molar-refractivity contribution >= 4 is 21.8 Å². The predicted molar refractivity (Wildman–Crippen MR) is 84.1 cm³/mol. The van der Waals surface area contributed by atoms with Gasteiger partial charge in [-0.3, -0.25) is 14.4 Å². The number of nitrogens with one attached hydrogen (secondary N) is 2. The highest BCUT2D eigenvalue weighted by Crippen LogP contribution is 2.16. The molecule has 24 heavy (non-hydrogen) atoms. The van der Waals surface area contributed by atoms with Crippen LogP contribution in [-0.4, -0.2) is 39.2 Å². The number of hydrogen-bond acceptors (Lipinski definition) is 5. The number of aromatic amines is 1. The molecule has 0 spiro atoms. The number of carbonyl (C=O) groups is 1. The summed E-state index contributed by atoms with van der Waals surface area (Å²) in [5, 5.41) is 13.0. The molecule has 3 aromatic heterocycles. The van der Waals surface area contributed by atoms with E-state index in [0.717, 1.165) is 17.8 Å². The Morgan fingerprint density at radius 1 is 1.38 bits per heavy atom. The number of aromatic nitrogens is 4. The standard InChI is InChI=1S/C14H13N5O4S/c20-14(21)12-6-11(8-16-12)24(22,23)18-13-3-5-19(17-13)9-10-2-1-4-15-7-10/h1-8,16H,9H2,(H,17,18)(H,20,21). The third-order valence-electron chi connectivity index (χ3n) is 3.14. The van der Waals surface area contributed by atoms with Crippen LogP contribution < -0.4 is 4.72 Å². The lowest BCUT2D eigenvalue weighted by atomic mass is 10.3. The molecular weight excluding hydrogens is 334 g/mol. The van der Waals surface area contributed by atoms with Crippen molar-refractivity contribution < 1.29 is 18.3 Å². The number of nitrogens with zero attached hydrogens (tertiary/aromatic N) is 3. The molecule has 3 rings (SSSR count). The fraction of sp³-hybridized carbons (Fsp3) is 0.0714. The van der Waals surface area contributed by atoms with Gasteiger partial charge >= 0.3 is 5.97 Å². The van der Waals surface area contributed by atoms with Crippen molar-refractivity contribution in [2.75, 3.05) is 4.72 Å². The highest BCUT2D eigenvalue weighted by atomic mass is 32.2. The molecule has 3 aromatic rings. The highest BCUT2D eigenvalue weighted by Gasteiger charge is 2.19. The number of rotatable bonds is 6. The maximum Gasteiger partial charge on any atom is 0.352 e. The summed E-state index contributed by atoms with van der Waals surface area (Å²) in [5.74, 6) is -1.10. The number of carboxylic acids is 1. The molecule has 0 aliphatic heterocycles. The van der Waals surface area contributed by atoms with Crippen molar-refractivity contribution in [2.45, 2.75) is 11.4 Å².